The van der Waals surface area contributed by atoms with Crippen molar-refractivity contribution < 1.29 is 4.79 Å². The van der Waals surface area contributed by atoms with E-state index in [-0.39, 0.29) is 5.91 Å². The minimum atomic E-state index is -0.167. The third kappa shape index (κ3) is 3.94. The molecule has 0 spiro atoms. The van der Waals surface area contributed by atoms with Gasteiger partial charge in [-0.1, -0.05) is 37.5 Å². The molecule has 1 amide bonds. The molecule has 3 rings (SSSR count). The summed E-state index contributed by atoms with van der Waals surface area (Å²) in [5, 5.41) is 6.54. The molecule has 126 valence electrons. The Hall–Kier alpha value is -2.36. The van der Waals surface area contributed by atoms with Crippen LogP contribution in [-0.2, 0) is 0 Å². The quantitative estimate of drug-likeness (QED) is 0.858. The Kier molecular flexibility index (Phi) is 5.14. The molecular weight excluding hydrogens is 298 g/mol. The average Bonchev–Trinajstić information content (AvgIpc) is 2.59. The summed E-state index contributed by atoms with van der Waals surface area (Å²) < 4.78 is 0. The van der Waals surface area contributed by atoms with E-state index in [4.69, 9.17) is 0 Å². The first-order valence-electron chi connectivity index (χ1n) is 8.73. The Labute approximate surface area is 143 Å². The van der Waals surface area contributed by atoms with Crippen molar-refractivity contribution in [1.82, 2.24) is 4.98 Å². The van der Waals surface area contributed by atoms with E-state index >= 15 is 0 Å². The molecule has 0 aliphatic heterocycles. The van der Waals surface area contributed by atoms with Gasteiger partial charge in [0.1, 0.15) is 5.69 Å². The molecule has 1 heterocycles. The van der Waals surface area contributed by atoms with Crippen LogP contribution in [0.25, 0.3) is 0 Å². The number of benzene rings is 1. The zero-order valence-electron chi connectivity index (χ0n) is 14.4. The highest BCUT2D eigenvalue weighted by Gasteiger charge is 2.15. The van der Waals surface area contributed by atoms with Gasteiger partial charge in [-0.05, 0) is 49.9 Å². The van der Waals surface area contributed by atoms with E-state index in [1.165, 1.54) is 32.1 Å². The molecular formula is C20H25N3O. The van der Waals surface area contributed by atoms with Gasteiger partial charge in [0.15, 0.2) is 0 Å². The molecule has 1 aliphatic carbocycles. The number of pyridine rings is 1. The molecule has 4 heteroatoms. The summed E-state index contributed by atoms with van der Waals surface area (Å²) in [6, 6.07) is 10.3. The van der Waals surface area contributed by atoms with Crippen LogP contribution in [-0.4, -0.2) is 16.9 Å². The molecule has 1 aromatic carbocycles. The molecule has 0 saturated heterocycles. The molecule has 1 aromatic heterocycles. The number of aryl methyl sites for hydroxylation is 2. The summed E-state index contributed by atoms with van der Waals surface area (Å²) in [5.74, 6) is -0.167. The smallest absolute Gasteiger partial charge is 0.274 e. The van der Waals surface area contributed by atoms with Crippen LogP contribution >= 0.6 is 0 Å². The van der Waals surface area contributed by atoms with Gasteiger partial charge in [0.25, 0.3) is 5.91 Å². The van der Waals surface area contributed by atoms with Gasteiger partial charge >= 0.3 is 0 Å². The molecule has 2 aromatic rings. The molecule has 0 bridgehead atoms. The summed E-state index contributed by atoms with van der Waals surface area (Å²) in [6.07, 6.45) is 7.99. The number of para-hydroxylation sites is 1. The molecule has 0 unspecified atom stereocenters. The summed E-state index contributed by atoms with van der Waals surface area (Å²) in [5.41, 5.74) is 4.40. The third-order valence-electron chi connectivity index (χ3n) is 4.69. The summed E-state index contributed by atoms with van der Waals surface area (Å²) in [6.45, 7) is 3.99. The van der Waals surface area contributed by atoms with E-state index in [2.05, 4.69) is 15.6 Å². The first-order chi connectivity index (χ1) is 11.6. The number of carbonyl (C=O) groups excluding carboxylic acids is 1. The Balaban J connectivity index is 1.72. The van der Waals surface area contributed by atoms with Gasteiger partial charge in [-0.15, -0.1) is 0 Å². The van der Waals surface area contributed by atoms with Gasteiger partial charge < -0.3 is 10.6 Å². The lowest BCUT2D eigenvalue weighted by Crippen LogP contribution is -2.22. The predicted molar refractivity (Wildman–Crippen MR) is 98.6 cm³/mol. The van der Waals surface area contributed by atoms with Crippen LogP contribution in [0.1, 0.15) is 53.7 Å². The summed E-state index contributed by atoms with van der Waals surface area (Å²) >= 11 is 0. The van der Waals surface area contributed by atoms with E-state index < -0.39 is 0 Å². The fourth-order valence-corrected chi connectivity index (χ4v) is 3.32. The second-order valence-electron chi connectivity index (χ2n) is 6.63. The number of rotatable bonds is 4. The van der Waals surface area contributed by atoms with Crippen LogP contribution in [0.2, 0.25) is 0 Å². The first kappa shape index (κ1) is 16.5. The number of hydrogen-bond acceptors (Lipinski definition) is 3. The molecule has 1 fully saturated rings. The molecule has 1 aliphatic rings. The number of hydrogen-bond donors (Lipinski definition) is 2. The van der Waals surface area contributed by atoms with Crippen LogP contribution in [0.3, 0.4) is 0 Å². The zero-order chi connectivity index (χ0) is 16.9. The maximum atomic E-state index is 12.6. The highest BCUT2D eigenvalue weighted by atomic mass is 16.1. The normalized spacial score (nSPS) is 15.1. The van der Waals surface area contributed by atoms with Crippen molar-refractivity contribution in [3.05, 3.63) is 53.3 Å². The van der Waals surface area contributed by atoms with Gasteiger partial charge in [-0.25, -0.2) is 0 Å². The van der Waals surface area contributed by atoms with E-state index in [1.54, 1.807) is 6.20 Å². The van der Waals surface area contributed by atoms with Crippen LogP contribution in [0.4, 0.5) is 11.4 Å². The molecule has 4 nitrogen and oxygen atoms in total. The SMILES string of the molecule is Cc1cccc(C)c1NC(=O)c1cc(NC2CCCCC2)ccn1. The van der Waals surface area contributed by atoms with E-state index in [0.717, 1.165) is 22.5 Å². The molecule has 24 heavy (non-hydrogen) atoms. The summed E-state index contributed by atoms with van der Waals surface area (Å²) in [7, 11) is 0. The van der Waals surface area contributed by atoms with Crippen molar-refractivity contribution in [3.63, 3.8) is 0 Å². The van der Waals surface area contributed by atoms with Crippen molar-refractivity contribution in [3.8, 4) is 0 Å². The number of nitrogens with one attached hydrogen (secondary N) is 2. The van der Waals surface area contributed by atoms with E-state index in [1.807, 2.05) is 44.2 Å². The highest BCUT2D eigenvalue weighted by molar-refractivity contribution is 6.04. The second kappa shape index (κ2) is 7.47. The van der Waals surface area contributed by atoms with Gasteiger partial charge in [0.05, 0.1) is 0 Å². The number of nitrogens with zero attached hydrogens (tertiary/aromatic N) is 1. The van der Waals surface area contributed by atoms with Crippen molar-refractivity contribution in [1.29, 1.82) is 0 Å². The van der Waals surface area contributed by atoms with Crippen LogP contribution in [0.15, 0.2) is 36.5 Å². The van der Waals surface area contributed by atoms with Gasteiger partial charge in [-0.2, -0.15) is 0 Å². The molecule has 1 saturated carbocycles. The Morgan fingerprint density at radius 3 is 2.50 bits per heavy atom. The first-order valence-corrected chi connectivity index (χ1v) is 8.73. The third-order valence-corrected chi connectivity index (χ3v) is 4.69. The Morgan fingerprint density at radius 1 is 1.08 bits per heavy atom. The standard InChI is InChI=1S/C20H25N3O/c1-14-7-6-8-15(2)19(14)23-20(24)18-13-17(11-12-21-18)22-16-9-4-3-5-10-16/h6-8,11-13,16H,3-5,9-10H2,1-2H3,(H,21,22)(H,23,24). The minimum absolute atomic E-state index is 0.167. The largest absolute Gasteiger partial charge is 0.382 e. The number of anilines is 2. The molecule has 0 radical (unpaired) electrons. The number of amides is 1. The lowest BCUT2D eigenvalue weighted by molar-refractivity contribution is 0.102. The Morgan fingerprint density at radius 2 is 1.79 bits per heavy atom. The van der Waals surface area contributed by atoms with Crippen molar-refractivity contribution in [2.24, 2.45) is 0 Å². The molecule has 0 atom stereocenters. The van der Waals surface area contributed by atoms with Gasteiger partial charge in [-0.3, -0.25) is 9.78 Å². The maximum absolute atomic E-state index is 12.6. The van der Waals surface area contributed by atoms with E-state index in [9.17, 15) is 4.79 Å². The van der Waals surface area contributed by atoms with E-state index in [0.29, 0.717) is 11.7 Å². The zero-order valence-corrected chi connectivity index (χ0v) is 14.4. The summed E-state index contributed by atoms with van der Waals surface area (Å²) in [4.78, 5) is 16.8. The monoisotopic (exact) mass is 323 g/mol. The number of carbonyl (C=O) groups is 1. The maximum Gasteiger partial charge on any atom is 0.274 e. The predicted octanol–water partition coefficient (Wildman–Crippen LogP) is 4.70. The van der Waals surface area contributed by atoms with Crippen LogP contribution in [0, 0.1) is 13.8 Å². The van der Waals surface area contributed by atoms with Crippen molar-refractivity contribution in [2.75, 3.05) is 10.6 Å². The van der Waals surface area contributed by atoms with Gasteiger partial charge in [0, 0.05) is 23.6 Å². The van der Waals surface area contributed by atoms with Crippen molar-refractivity contribution in [2.45, 2.75) is 52.0 Å². The fourth-order valence-electron chi connectivity index (χ4n) is 3.32. The van der Waals surface area contributed by atoms with Crippen LogP contribution in [0.5, 0.6) is 0 Å². The topological polar surface area (TPSA) is 54.0 Å². The minimum Gasteiger partial charge on any atom is -0.382 e. The van der Waals surface area contributed by atoms with Crippen LogP contribution < -0.4 is 10.6 Å². The van der Waals surface area contributed by atoms with Gasteiger partial charge in [0.2, 0.25) is 0 Å². The Bertz CT molecular complexity index is 700. The second-order valence-corrected chi connectivity index (χ2v) is 6.63. The fraction of sp³-hybridized carbons (Fsp3) is 0.400. The number of aromatic nitrogens is 1. The molecule has 2 N–H and O–H groups in total. The lowest BCUT2D eigenvalue weighted by Gasteiger charge is -2.23. The lowest BCUT2D eigenvalue weighted by atomic mass is 9.95. The average molecular weight is 323 g/mol. The highest BCUT2D eigenvalue weighted by Crippen LogP contribution is 2.23. The van der Waals surface area contributed by atoms with Crippen molar-refractivity contribution >= 4 is 17.3 Å².